The second-order valence-corrected chi connectivity index (χ2v) is 12.0. The molecule has 1 aliphatic carbocycles. The highest BCUT2D eigenvalue weighted by Gasteiger charge is 2.30. The minimum atomic E-state index is -0.219. The number of aryl methyl sites for hydroxylation is 1. The number of aromatic nitrogens is 6. The number of anilines is 2. The zero-order chi connectivity index (χ0) is 25.0. The molecule has 9 heteroatoms. The molecule has 0 spiro atoms. The molecule has 3 aromatic rings. The van der Waals surface area contributed by atoms with E-state index < -0.39 is 0 Å². The van der Waals surface area contributed by atoms with Crippen LogP contribution in [0.1, 0.15) is 65.8 Å². The third-order valence-electron chi connectivity index (χ3n) is 6.42. The fourth-order valence-electron chi connectivity index (χ4n) is 4.52. The molecular weight excluding hydrogens is 440 g/mol. The maximum Gasteiger partial charge on any atom is 0.223 e. The number of fused-ring (bicyclic) bond motifs is 1. The summed E-state index contributed by atoms with van der Waals surface area (Å²) in [5.74, 6) is 2.90. The van der Waals surface area contributed by atoms with Crippen LogP contribution in [0.4, 0.5) is 11.8 Å². The van der Waals surface area contributed by atoms with E-state index in [4.69, 9.17) is 29.7 Å². The highest BCUT2D eigenvalue weighted by Crippen LogP contribution is 2.37. The highest BCUT2D eigenvalue weighted by molar-refractivity contribution is 5.86. The van der Waals surface area contributed by atoms with Crippen molar-refractivity contribution in [3.63, 3.8) is 0 Å². The number of hydrogen-bond donors (Lipinski definition) is 1. The summed E-state index contributed by atoms with van der Waals surface area (Å²) in [4.78, 5) is 27.1. The Morgan fingerprint density at radius 1 is 1.00 bits per heavy atom. The van der Waals surface area contributed by atoms with E-state index in [1.165, 1.54) is 12.8 Å². The van der Waals surface area contributed by atoms with Crippen LogP contribution in [0.15, 0.2) is 6.33 Å². The molecule has 1 N–H and O–H groups in total. The molecule has 1 aliphatic heterocycles. The Bertz CT molecular complexity index is 1230. The molecule has 188 valence electrons. The lowest BCUT2D eigenvalue weighted by Crippen LogP contribution is -2.37. The first-order valence-electron chi connectivity index (χ1n) is 12.7. The van der Waals surface area contributed by atoms with Gasteiger partial charge in [-0.3, -0.25) is 0 Å². The summed E-state index contributed by atoms with van der Waals surface area (Å²) in [5.41, 5.74) is 4.11. The summed E-state index contributed by atoms with van der Waals surface area (Å²) >= 11 is 0. The zero-order valence-corrected chi connectivity index (χ0v) is 22.1. The third kappa shape index (κ3) is 5.10. The van der Waals surface area contributed by atoms with Gasteiger partial charge in [0.05, 0.1) is 36.5 Å². The number of hydrogen-bond acceptors (Lipinski definition) is 8. The van der Waals surface area contributed by atoms with Gasteiger partial charge >= 0.3 is 0 Å². The molecule has 9 nitrogen and oxygen atoms in total. The smallest absolute Gasteiger partial charge is 0.223 e. The Hall–Kier alpha value is -2.81. The minimum Gasteiger partial charge on any atom is -0.378 e. The van der Waals surface area contributed by atoms with Gasteiger partial charge in [-0.25, -0.2) is 24.9 Å². The van der Waals surface area contributed by atoms with Crippen molar-refractivity contribution in [1.29, 1.82) is 0 Å². The first-order valence-corrected chi connectivity index (χ1v) is 12.7. The normalized spacial score (nSPS) is 17.3. The van der Waals surface area contributed by atoms with E-state index in [1.807, 2.05) is 13.3 Å². The summed E-state index contributed by atoms with van der Waals surface area (Å²) in [5, 5.41) is 3.44. The fourth-order valence-corrected chi connectivity index (χ4v) is 4.52. The molecule has 0 radical (unpaired) electrons. The van der Waals surface area contributed by atoms with Crippen LogP contribution in [-0.2, 0) is 16.7 Å². The largest absolute Gasteiger partial charge is 0.378 e. The molecule has 2 fully saturated rings. The molecular formula is C26H38N8O. The lowest BCUT2D eigenvalue weighted by molar-refractivity contribution is 0.122. The number of ether oxygens (including phenoxy) is 1. The number of imidazole rings is 1. The van der Waals surface area contributed by atoms with Crippen molar-refractivity contribution in [2.24, 2.45) is 5.92 Å². The third-order valence-corrected chi connectivity index (χ3v) is 6.42. The molecule has 1 saturated heterocycles. The maximum atomic E-state index is 5.61. The molecule has 2 aliphatic rings. The monoisotopic (exact) mass is 478 g/mol. The Kier molecular flexibility index (Phi) is 5.94. The Labute approximate surface area is 207 Å². The van der Waals surface area contributed by atoms with E-state index in [0.29, 0.717) is 25.0 Å². The SMILES string of the molecule is Cc1nc(NC(C)(C)C)nc(C(C)(C)C)c1-c1nc(N2CCOCC2)c2ncn(CC3CC3)c2n1. The van der Waals surface area contributed by atoms with Crippen molar-refractivity contribution in [3.8, 4) is 11.4 Å². The van der Waals surface area contributed by atoms with E-state index in [0.717, 1.165) is 59.5 Å². The van der Waals surface area contributed by atoms with Gasteiger partial charge in [0.15, 0.2) is 22.8 Å². The van der Waals surface area contributed by atoms with Crippen LogP contribution in [0.25, 0.3) is 22.6 Å². The number of nitrogens with one attached hydrogen (secondary N) is 1. The van der Waals surface area contributed by atoms with E-state index in [2.05, 4.69) is 56.3 Å². The first kappa shape index (κ1) is 23.9. The highest BCUT2D eigenvalue weighted by atomic mass is 16.5. The van der Waals surface area contributed by atoms with Crippen LogP contribution in [0.2, 0.25) is 0 Å². The molecule has 0 atom stereocenters. The van der Waals surface area contributed by atoms with E-state index in [1.54, 1.807) is 0 Å². The van der Waals surface area contributed by atoms with Crippen molar-refractivity contribution >= 4 is 22.9 Å². The lowest BCUT2D eigenvalue weighted by Gasteiger charge is -2.29. The zero-order valence-electron chi connectivity index (χ0n) is 22.1. The van der Waals surface area contributed by atoms with Crippen LogP contribution in [-0.4, -0.2) is 61.3 Å². The van der Waals surface area contributed by atoms with Crippen LogP contribution in [0.5, 0.6) is 0 Å². The van der Waals surface area contributed by atoms with Gasteiger partial charge in [0.2, 0.25) is 5.95 Å². The fraction of sp³-hybridized carbons (Fsp3) is 0.654. The maximum absolute atomic E-state index is 5.61. The Morgan fingerprint density at radius 3 is 2.34 bits per heavy atom. The molecule has 35 heavy (non-hydrogen) atoms. The molecule has 0 bridgehead atoms. The molecule has 0 unspecified atom stereocenters. The standard InChI is InChI=1S/C26H38N8O/c1-16-18(20(25(2,3)4)29-24(28-16)32-26(5,6)7)21-30-22(33-10-12-35-13-11-33)19-23(31-21)34(15-27-19)14-17-8-9-17/h15,17H,8-14H2,1-7H3,(H,28,29,32). The van der Waals surface area contributed by atoms with E-state index in [9.17, 15) is 0 Å². The quantitative estimate of drug-likeness (QED) is 0.579. The van der Waals surface area contributed by atoms with E-state index >= 15 is 0 Å². The topological polar surface area (TPSA) is 93.9 Å². The van der Waals surface area contributed by atoms with Gasteiger partial charge in [-0.15, -0.1) is 0 Å². The second kappa shape index (κ2) is 8.69. The van der Waals surface area contributed by atoms with Gasteiger partial charge in [0.25, 0.3) is 0 Å². The summed E-state index contributed by atoms with van der Waals surface area (Å²) < 4.78 is 7.81. The molecule has 5 rings (SSSR count). The first-order chi connectivity index (χ1) is 16.5. The van der Waals surface area contributed by atoms with Crippen molar-refractivity contribution in [2.75, 3.05) is 36.5 Å². The number of nitrogens with zero attached hydrogens (tertiary/aromatic N) is 7. The molecule has 0 aromatic carbocycles. The van der Waals surface area contributed by atoms with Crippen molar-refractivity contribution in [3.05, 3.63) is 17.7 Å². The van der Waals surface area contributed by atoms with Gasteiger partial charge < -0.3 is 19.5 Å². The van der Waals surface area contributed by atoms with Crippen LogP contribution in [0.3, 0.4) is 0 Å². The summed E-state index contributed by atoms with van der Waals surface area (Å²) in [7, 11) is 0. The predicted octanol–water partition coefficient (Wildman–Crippen LogP) is 4.35. The van der Waals surface area contributed by atoms with Crippen LogP contribution < -0.4 is 10.2 Å². The van der Waals surface area contributed by atoms with Crippen molar-refractivity contribution in [2.45, 2.75) is 78.8 Å². The van der Waals surface area contributed by atoms with Gasteiger partial charge in [0, 0.05) is 30.6 Å². The van der Waals surface area contributed by atoms with Gasteiger partial charge in [-0.1, -0.05) is 20.8 Å². The lowest BCUT2D eigenvalue weighted by atomic mass is 9.87. The number of rotatable bonds is 5. The van der Waals surface area contributed by atoms with Gasteiger partial charge in [-0.05, 0) is 46.5 Å². The molecule has 3 aromatic heterocycles. The summed E-state index contributed by atoms with van der Waals surface area (Å²) in [6, 6.07) is 0. The predicted molar refractivity (Wildman–Crippen MR) is 139 cm³/mol. The summed E-state index contributed by atoms with van der Waals surface area (Å²) in [6.45, 7) is 18.8. The average molecular weight is 479 g/mol. The van der Waals surface area contributed by atoms with Crippen molar-refractivity contribution in [1.82, 2.24) is 29.5 Å². The average Bonchev–Trinajstić information content (AvgIpc) is 3.50. The Morgan fingerprint density at radius 2 is 1.71 bits per heavy atom. The van der Waals surface area contributed by atoms with E-state index in [-0.39, 0.29) is 11.0 Å². The number of morpholine rings is 1. The Balaban J connectivity index is 1.70. The van der Waals surface area contributed by atoms with Crippen molar-refractivity contribution < 1.29 is 4.74 Å². The second-order valence-electron chi connectivity index (χ2n) is 12.0. The van der Waals surface area contributed by atoms with Gasteiger partial charge in [0.1, 0.15) is 0 Å². The van der Waals surface area contributed by atoms with Gasteiger partial charge in [-0.2, -0.15) is 0 Å². The van der Waals surface area contributed by atoms with Crippen LogP contribution in [0, 0.1) is 12.8 Å². The molecule has 1 saturated carbocycles. The molecule has 0 amide bonds. The summed E-state index contributed by atoms with van der Waals surface area (Å²) in [6.07, 6.45) is 4.48. The molecule has 4 heterocycles. The van der Waals surface area contributed by atoms with Crippen LogP contribution >= 0.6 is 0 Å². The minimum absolute atomic E-state index is 0.142.